The molecule has 0 saturated heterocycles. The van der Waals surface area contributed by atoms with Crippen LogP contribution in [0.25, 0.3) is 0 Å². The number of hydrazone groups is 1. The molecule has 0 aliphatic rings. The average molecular weight is 327 g/mol. The molecule has 0 unspecified atom stereocenters. The van der Waals surface area contributed by atoms with Crippen molar-refractivity contribution < 1.29 is 14.3 Å². The Morgan fingerprint density at radius 1 is 1.04 bits per heavy atom. The number of hydrogen-bond donors (Lipinski definition) is 1. The van der Waals surface area contributed by atoms with E-state index in [1.807, 2.05) is 39.0 Å². The van der Waals surface area contributed by atoms with Crippen LogP contribution >= 0.6 is 0 Å². The largest absolute Gasteiger partial charge is 0.490 e. The van der Waals surface area contributed by atoms with E-state index in [4.69, 9.17) is 9.47 Å². The number of rotatable bonds is 7. The Hall–Kier alpha value is -2.89. The van der Waals surface area contributed by atoms with Gasteiger partial charge in [0.1, 0.15) is 0 Å². The Morgan fingerprint density at radius 2 is 1.71 bits per heavy atom. The summed E-state index contributed by atoms with van der Waals surface area (Å²) in [4.78, 5) is 15.9. The standard InChI is InChI=1S/C18H21N3O3/c1-4-23-16-7-6-15(12-17(16)24-5-2)13(3)20-21-18(22)14-8-10-19-11-9-14/h6-12H,4-5H2,1-3H3,(H,21,22)/b20-13-. The quantitative estimate of drug-likeness (QED) is 0.627. The van der Waals surface area contributed by atoms with Gasteiger partial charge in [0.2, 0.25) is 0 Å². The number of amides is 1. The van der Waals surface area contributed by atoms with Crippen LogP contribution in [-0.2, 0) is 0 Å². The summed E-state index contributed by atoms with van der Waals surface area (Å²) in [5, 5.41) is 4.15. The lowest BCUT2D eigenvalue weighted by Gasteiger charge is -2.12. The van der Waals surface area contributed by atoms with Gasteiger partial charge in [0, 0.05) is 23.5 Å². The molecule has 0 aliphatic carbocycles. The first-order chi connectivity index (χ1) is 11.7. The predicted molar refractivity (Wildman–Crippen MR) is 92.7 cm³/mol. The van der Waals surface area contributed by atoms with Crippen molar-refractivity contribution in [3.63, 3.8) is 0 Å². The van der Waals surface area contributed by atoms with Gasteiger partial charge in [0.05, 0.1) is 18.9 Å². The molecule has 1 amide bonds. The molecule has 0 spiro atoms. The van der Waals surface area contributed by atoms with Crippen LogP contribution in [0, 0.1) is 0 Å². The molecule has 2 rings (SSSR count). The van der Waals surface area contributed by atoms with Crippen molar-refractivity contribution in [1.29, 1.82) is 0 Å². The molecular weight excluding hydrogens is 306 g/mol. The highest BCUT2D eigenvalue weighted by atomic mass is 16.5. The first kappa shape index (κ1) is 17.5. The van der Waals surface area contributed by atoms with Gasteiger partial charge >= 0.3 is 0 Å². The number of hydrogen-bond acceptors (Lipinski definition) is 5. The SMILES string of the molecule is CCOc1ccc(/C(C)=N\NC(=O)c2ccncc2)cc1OCC. The van der Waals surface area contributed by atoms with Crippen LogP contribution in [0.2, 0.25) is 0 Å². The van der Waals surface area contributed by atoms with Crippen LogP contribution in [-0.4, -0.2) is 29.8 Å². The summed E-state index contributed by atoms with van der Waals surface area (Å²) in [6.07, 6.45) is 3.12. The van der Waals surface area contributed by atoms with Crippen molar-refractivity contribution in [1.82, 2.24) is 10.4 Å². The van der Waals surface area contributed by atoms with E-state index < -0.39 is 0 Å². The second-order valence-electron chi connectivity index (χ2n) is 4.90. The number of carbonyl (C=O) groups excluding carboxylic acids is 1. The number of ether oxygens (including phenoxy) is 2. The maximum atomic E-state index is 12.0. The summed E-state index contributed by atoms with van der Waals surface area (Å²) < 4.78 is 11.1. The molecule has 6 nitrogen and oxygen atoms in total. The third-order valence-electron chi connectivity index (χ3n) is 3.23. The molecule has 2 aromatic rings. The van der Waals surface area contributed by atoms with Gasteiger partial charge < -0.3 is 9.47 Å². The second kappa shape index (κ2) is 8.67. The molecule has 6 heteroatoms. The van der Waals surface area contributed by atoms with Gasteiger partial charge in [0.15, 0.2) is 11.5 Å². The summed E-state index contributed by atoms with van der Waals surface area (Å²) in [5.41, 5.74) is 4.55. The highest BCUT2D eigenvalue weighted by Crippen LogP contribution is 2.28. The smallest absolute Gasteiger partial charge is 0.271 e. The molecule has 0 bridgehead atoms. The highest BCUT2D eigenvalue weighted by molar-refractivity contribution is 6.01. The normalized spacial score (nSPS) is 11.0. The fourth-order valence-electron chi connectivity index (χ4n) is 2.04. The highest BCUT2D eigenvalue weighted by Gasteiger charge is 2.09. The minimum absolute atomic E-state index is 0.285. The van der Waals surface area contributed by atoms with Crippen molar-refractivity contribution in [2.75, 3.05) is 13.2 Å². The molecule has 24 heavy (non-hydrogen) atoms. The molecule has 0 saturated carbocycles. The van der Waals surface area contributed by atoms with Gasteiger partial charge in [-0.3, -0.25) is 9.78 Å². The summed E-state index contributed by atoms with van der Waals surface area (Å²) in [7, 11) is 0. The van der Waals surface area contributed by atoms with Gasteiger partial charge in [-0.1, -0.05) is 0 Å². The van der Waals surface area contributed by atoms with E-state index >= 15 is 0 Å². The lowest BCUT2D eigenvalue weighted by molar-refractivity contribution is 0.0954. The number of benzene rings is 1. The number of aromatic nitrogens is 1. The Kier molecular flexibility index (Phi) is 6.31. The van der Waals surface area contributed by atoms with E-state index in [-0.39, 0.29) is 5.91 Å². The molecule has 1 aromatic heterocycles. The first-order valence-electron chi connectivity index (χ1n) is 7.80. The molecule has 1 N–H and O–H groups in total. The van der Waals surface area contributed by atoms with Gasteiger partial charge in [0.25, 0.3) is 5.91 Å². The summed E-state index contributed by atoms with van der Waals surface area (Å²) >= 11 is 0. The second-order valence-corrected chi connectivity index (χ2v) is 4.90. The van der Waals surface area contributed by atoms with Crippen LogP contribution < -0.4 is 14.9 Å². The Morgan fingerprint density at radius 3 is 2.38 bits per heavy atom. The molecule has 1 heterocycles. The average Bonchev–Trinajstić information content (AvgIpc) is 2.62. The van der Waals surface area contributed by atoms with Crippen molar-refractivity contribution in [3.8, 4) is 11.5 Å². The molecular formula is C18H21N3O3. The summed E-state index contributed by atoms with van der Waals surface area (Å²) in [6.45, 7) is 6.76. The van der Waals surface area contributed by atoms with Gasteiger partial charge in [-0.15, -0.1) is 0 Å². The molecule has 0 atom stereocenters. The topological polar surface area (TPSA) is 72.8 Å². The maximum absolute atomic E-state index is 12.0. The third-order valence-corrected chi connectivity index (χ3v) is 3.23. The molecule has 0 fully saturated rings. The summed E-state index contributed by atoms with van der Waals surface area (Å²) in [6, 6.07) is 8.83. The van der Waals surface area contributed by atoms with Crippen LogP contribution in [0.5, 0.6) is 11.5 Å². The van der Waals surface area contributed by atoms with E-state index in [1.165, 1.54) is 0 Å². The van der Waals surface area contributed by atoms with E-state index in [9.17, 15) is 4.79 Å². The fourth-order valence-corrected chi connectivity index (χ4v) is 2.04. The maximum Gasteiger partial charge on any atom is 0.271 e. The Bertz CT molecular complexity index is 715. The van der Waals surface area contributed by atoms with Crippen molar-refractivity contribution in [2.45, 2.75) is 20.8 Å². The molecule has 0 radical (unpaired) electrons. The zero-order valence-corrected chi connectivity index (χ0v) is 14.1. The lowest BCUT2D eigenvalue weighted by Crippen LogP contribution is -2.19. The van der Waals surface area contributed by atoms with Crippen LogP contribution in [0.3, 0.4) is 0 Å². The minimum atomic E-state index is -0.285. The van der Waals surface area contributed by atoms with Crippen LogP contribution in [0.15, 0.2) is 47.8 Å². The Labute approximate surface area is 141 Å². The minimum Gasteiger partial charge on any atom is -0.490 e. The van der Waals surface area contributed by atoms with Crippen molar-refractivity contribution in [2.24, 2.45) is 5.10 Å². The van der Waals surface area contributed by atoms with Gasteiger partial charge in [-0.25, -0.2) is 5.43 Å². The number of nitrogens with zero attached hydrogens (tertiary/aromatic N) is 2. The number of nitrogens with one attached hydrogen (secondary N) is 1. The van der Waals surface area contributed by atoms with Gasteiger partial charge in [-0.05, 0) is 51.1 Å². The van der Waals surface area contributed by atoms with E-state index in [0.29, 0.717) is 36.0 Å². The van der Waals surface area contributed by atoms with E-state index in [1.54, 1.807) is 24.5 Å². The zero-order valence-electron chi connectivity index (χ0n) is 14.1. The fraction of sp³-hybridized carbons (Fsp3) is 0.278. The molecule has 1 aromatic carbocycles. The zero-order chi connectivity index (χ0) is 17.4. The van der Waals surface area contributed by atoms with E-state index in [0.717, 1.165) is 5.56 Å². The third kappa shape index (κ3) is 4.55. The molecule has 0 aliphatic heterocycles. The van der Waals surface area contributed by atoms with Crippen LogP contribution in [0.4, 0.5) is 0 Å². The predicted octanol–water partition coefficient (Wildman–Crippen LogP) is 3.03. The number of carbonyl (C=O) groups is 1. The van der Waals surface area contributed by atoms with Crippen molar-refractivity contribution in [3.05, 3.63) is 53.9 Å². The van der Waals surface area contributed by atoms with E-state index in [2.05, 4.69) is 15.5 Å². The van der Waals surface area contributed by atoms with Gasteiger partial charge in [-0.2, -0.15) is 5.10 Å². The Balaban J connectivity index is 2.14. The van der Waals surface area contributed by atoms with Crippen LogP contribution in [0.1, 0.15) is 36.7 Å². The number of pyridine rings is 1. The summed E-state index contributed by atoms with van der Waals surface area (Å²) in [5.74, 6) is 1.07. The van der Waals surface area contributed by atoms with Crippen molar-refractivity contribution >= 4 is 11.6 Å². The lowest BCUT2D eigenvalue weighted by atomic mass is 10.1. The monoisotopic (exact) mass is 327 g/mol. The molecule has 126 valence electrons. The first-order valence-corrected chi connectivity index (χ1v) is 7.80.